The summed E-state index contributed by atoms with van der Waals surface area (Å²) in [5.74, 6) is -0.410. The van der Waals surface area contributed by atoms with Crippen molar-refractivity contribution in [1.82, 2.24) is 25.3 Å². The fraction of sp³-hybridized carbons (Fsp3) is 0.294. The van der Waals surface area contributed by atoms with Crippen LogP contribution in [-0.2, 0) is 11.3 Å². The third-order valence-electron chi connectivity index (χ3n) is 3.90. The first-order chi connectivity index (χ1) is 12.1. The smallest absolute Gasteiger partial charge is 0.324 e. The van der Waals surface area contributed by atoms with Crippen LogP contribution < -0.4 is 10.6 Å². The fourth-order valence-corrected chi connectivity index (χ4v) is 2.57. The number of imide groups is 1. The minimum absolute atomic E-state index is 0.0517. The van der Waals surface area contributed by atoms with E-state index in [9.17, 15) is 14.4 Å². The van der Waals surface area contributed by atoms with Crippen LogP contribution in [0.4, 0.5) is 4.79 Å². The van der Waals surface area contributed by atoms with Crippen molar-refractivity contribution in [2.75, 3.05) is 19.6 Å². The van der Waals surface area contributed by atoms with Gasteiger partial charge in [-0.1, -0.05) is 12.1 Å². The van der Waals surface area contributed by atoms with Crippen molar-refractivity contribution in [1.29, 1.82) is 0 Å². The van der Waals surface area contributed by atoms with E-state index >= 15 is 0 Å². The summed E-state index contributed by atoms with van der Waals surface area (Å²) in [5.41, 5.74) is 1.62. The largest absolute Gasteiger partial charge is 0.352 e. The second-order valence-corrected chi connectivity index (χ2v) is 5.71. The number of carbonyl (C=O) groups is 3. The predicted molar refractivity (Wildman–Crippen MR) is 89.8 cm³/mol. The van der Waals surface area contributed by atoms with Gasteiger partial charge in [-0.3, -0.25) is 19.2 Å². The molecule has 0 atom stereocenters. The monoisotopic (exact) mass is 341 g/mol. The van der Waals surface area contributed by atoms with Crippen molar-refractivity contribution in [3.05, 3.63) is 53.9 Å². The van der Waals surface area contributed by atoms with Crippen molar-refractivity contribution in [2.24, 2.45) is 0 Å². The number of carbonyl (C=O) groups excluding carboxylic acids is 3. The Balaban J connectivity index is 1.43. The zero-order valence-electron chi connectivity index (χ0n) is 13.6. The maximum Gasteiger partial charge on any atom is 0.324 e. The lowest BCUT2D eigenvalue weighted by Crippen LogP contribution is -2.34. The Labute approximate surface area is 144 Å². The van der Waals surface area contributed by atoms with E-state index in [1.54, 1.807) is 18.3 Å². The maximum atomic E-state index is 12.1. The van der Waals surface area contributed by atoms with Gasteiger partial charge in [0.2, 0.25) is 5.91 Å². The molecule has 1 saturated heterocycles. The molecule has 0 saturated carbocycles. The van der Waals surface area contributed by atoms with Crippen LogP contribution in [0.3, 0.4) is 0 Å². The number of rotatable bonds is 7. The Kier molecular flexibility index (Phi) is 5.08. The molecule has 0 radical (unpaired) electrons. The highest BCUT2D eigenvalue weighted by Crippen LogP contribution is 2.06. The molecule has 25 heavy (non-hydrogen) atoms. The Hall–Kier alpha value is -3.16. The first-order valence-corrected chi connectivity index (χ1v) is 8.06. The Morgan fingerprint density at radius 2 is 2.04 bits per heavy atom. The summed E-state index contributed by atoms with van der Waals surface area (Å²) in [6.45, 7) is 1.40. The second kappa shape index (κ2) is 7.61. The van der Waals surface area contributed by atoms with Crippen LogP contribution in [0.1, 0.15) is 22.3 Å². The van der Waals surface area contributed by atoms with Crippen LogP contribution in [0.15, 0.2) is 42.7 Å². The lowest BCUT2D eigenvalue weighted by atomic mass is 10.1. The summed E-state index contributed by atoms with van der Waals surface area (Å²) in [7, 11) is 0. The van der Waals surface area contributed by atoms with E-state index in [-0.39, 0.29) is 24.4 Å². The van der Waals surface area contributed by atoms with E-state index in [1.165, 1.54) is 0 Å². The van der Waals surface area contributed by atoms with Crippen LogP contribution in [0.5, 0.6) is 0 Å². The van der Waals surface area contributed by atoms with Crippen molar-refractivity contribution in [3.8, 4) is 0 Å². The van der Waals surface area contributed by atoms with Gasteiger partial charge in [0, 0.05) is 31.0 Å². The first kappa shape index (κ1) is 16.7. The lowest BCUT2D eigenvalue weighted by Gasteiger charge is -2.12. The molecular weight excluding hydrogens is 322 g/mol. The number of hydrogen-bond acceptors (Lipinski definition) is 4. The van der Waals surface area contributed by atoms with Gasteiger partial charge in [0.05, 0.1) is 13.1 Å². The Bertz CT molecular complexity index is 739. The first-order valence-electron chi connectivity index (χ1n) is 8.06. The average molecular weight is 341 g/mol. The molecule has 3 rings (SSSR count). The van der Waals surface area contributed by atoms with Gasteiger partial charge in [0.15, 0.2) is 0 Å². The van der Waals surface area contributed by atoms with E-state index < -0.39 is 0 Å². The normalized spacial score (nSPS) is 13.8. The SMILES string of the molecule is O=C(NCCCN1C(=O)CNC1=O)c1ccc(Cn2cccn2)cc1. The number of benzene rings is 1. The molecule has 1 fully saturated rings. The topological polar surface area (TPSA) is 96.3 Å². The molecule has 1 aliphatic rings. The third-order valence-corrected chi connectivity index (χ3v) is 3.90. The van der Waals surface area contributed by atoms with E-state index in [2.05, 4.69) is 15.7 Å². The van der Waals surface area contributed by atoms with Crippen LogP contribution in [0.25, 0.3) is 0 Å². The number of nitrogens with one attached hydrogen (secondary N) is 2. The van der Waals surface area contributed by atoms with Gasteiger partial charge in [-0.05, 0) is 30.2 Å². The van der Waals surface area contributed by atoms with Gasteiger partial charge in [-0.25, -0.2) is 4.79 Å². The molecule has 2 N–H and O–H groups in total. The van der Waals surface area contributed by atoms with E-state index in [4.69, 9.17) is 0 Å². The zero-order valence-corrected chi connectivity index (χ0v) is 13.6. The molecule has 2 aromatic rings. The van der Waals surface area contributed by atoms with Gasteiger partial charge in [-0.2, -0.15) is 5.10 Å². The van der Waals surface area contributed by atoms with Gasteiger partial charge in [0.25, 0.3) is 5.91 Å². The number of aromatic nitrogens is 2. The second-order valence-electron chi connectivity index (χ2n) is 5.71. The minimum Gasteiger partial charge on any atom is -0.352 e. The van der Waals surface area contributed by atoms with Crippen LogP contribution >= 0.6 is 0 Å². The molecule has 8 nitrogen and oxygen atoms in total. The standard InChI is InChI=1S/C17H19N5O3/c23-15-11-19-17(25)22(15)10-1-7-18-16(24)14-5-3-13(4-6-14)12-21-9-2-8-20-21/h2-6,8-9H,1,7,10-12H2,(H,18,24)(H,19,25). The molecule has 2 heterocycles. The number of nitrogens with zero attached hydrogens (tertiary/aromatic N) is 3. The van der Waals surface area contributed by atoms with Crippen LogP contribution in [-0.4, -0.2) is 52.2 Å². The molecule has 1 aromatic heterocycles. The summed E-state index contributed by atoms with van der Waals surface area (Å²) < 4.78 is 1.81. The number of hydrogen-bond donors (Lipinski definition) is 2. The highest BCUT2D eigenvalue weighted by molar-refractivity contribution is 6.01. The molecule has 0 bridgehead atoms. The summed E-state index contributed by atoms with van der Waals surface area (Å²) in [4.78, 5) is 36.1. The highest BCUT2D eigenvalue weighted by atomic mass is 16.2. The number of amides is 4. The molecule has 4 amide bonds. The molecule has 8 heteroatoms. The Morgan fingerprint density at radius 3 is 2.68 bits per heavy atom. The van der Waals surface area contributed by atoms with Gasteiger partial charge in [0.1, 0.15) is 0 Å². The maximum absolute atomic E-state index is 12.1. The molecule has 130 valence electrons. The minimum atomic E-state index is -0.371. The van der Waals surface area contributed by atoms with Crippen molar-refractivity contribution in [2.45, 2.75) is 13.0 Å². The fourth-order valence-electron chi connectivity index (χ4n) is 2.57. The van der Waals surface area contributed by atoms with Crippen LogP contribution in [0, 0.1) is 0 Å². The van der Waals surface area contributed by atoms with Crippen molar-refractivity contribution < 1.29 is 14.4 Å². The molecule has 1 aliphatic heterocycles. The molecule has 0 spiro atoms. The zero-order chi connectivity index (χ0) is 17.6. The molecule has 0 unspecified atom stereocenters. The lowest BCUT2D eigenvalue weighted by molar-refractivity contribution is -0.125. The summed E-state index contributed by atoms with van der Waals surface area (Å²) in [5, 5.41) is 9.39. The average Bonchev–Trinajstić information content (AvgIpc) is 3.23. The Morgan fingerprint density at radius 1 is 1.24 bits per heavy atom. The summed E-state index contributed by atoms with van der Waals surface area (Å²) in [6.07, 6.45) is 4.12. The molecule has 0 aliphatic carbocycles. The van der Waals surface area contributed by atoms with E-state index in [0.29, 0.717) is 31.6 Å². The van der Waals surface area contributed by atoms with Gasteiger partial charge in [-0.15, -0.1) is 0 Å². The van der Waals surface area contributed by atoms with E-state index in [0.717, 1.165) is 10.5 Å². The summed E-state index contributed by atoms with van der Waals surface area (Å²) >= 11 is 0. The molecule has 1 aromatic carbocycles. The predicted octanol–water partition coefficient (Wildman–Crippen LogP) is 0.603. The molecular formula is C17H19N5O3. The highest BCUT2D eigenvalue weighted by Gasteiger charge is 2.27. The van der Waals surface area contributed by atoms with Crippen molar-refractivity contribution >= 4 is 17.8 Å². The quantitative estimate of drug-likeness (QED) is 0.569. The van der Waals surface area contributed by atoms with Gasteiger partial charge < -0.3 is 10.6 Å². The third kappa shape index (κ3) is 4.23. The van der Waals surface area contributed by atoms with Crippen LogP contribution in [0.2, 0.25) is 0 Å². The van der Waals surface area contributed by atoms with Gasteiger partial charge >= 0.3 is 6.03 Å². The van der Waals surface area contributed by atoms with E-state index in [1.807, 2.05) is 29.1 Å². The summed E-state index contributed by atoms with van der Waals surface area (Å²) in [6, 6.07) is 8.82. The van der Waals surface area contributed by atoms with Crippen molar-refractivity contribution in [3.63, 3.8) is 0 Å². The number of urea groups is 1.